The molecule has 3 nitrogen and oxygen atoms in total. The van der Waals surface area contributed by atoms with Gasteiger partial charge < -0.3 is 5.11 Å². The Bertz CT molecular complexity index is 587. The van der Waals surface area contributed by atoms with Crippen LogP contribution in [0.4, 0.5) is 0 Å². The highest BCUT2D eigenvalue weighted by atomic mass is 32.1. The van der Waals surface area contributed by atoms with Crippen LogP contribution in [0.25, 0.3) is 10.4 Å². The van der Waals surface area contributed by atoms with Gasteiger partial charge in [0.15, 0.2) is 5.69 Å². The van der Waals surface area contributed by atoms with Crippen molar-refractivity contribution in [1.82, 2.24) is 4.98 Å². The van der Waals surface area contributed by atoms with Crippen molar-refractivity contribution in [2.75, 3.05) is 0 Å². The molecule has 0 saturated carbocycles. The normalized spacial score (nSPS) is 10.5. The molecule has 0 radical (unpaired) electrons. The molecule has 0 aliphatic carbocycles. The summed E-state index contributed by atoms with van der Waals surface area (Å²) in [6, 6.07) is 6.03. The molecule has 0 spiro atoms. The molecule has 4 heteroatoms. The SMILES string of the molecule is Cc1ccc(C)c(-c2sc(C)nc2C(=O)O)c1. The van der Waals surface area contributed by atoms with Gasteiger partial charge in [-0.15, -0.1) is 11.3 Å². The second-order valence-corrected chi connectivity index (χ2v) is 5.24. The maximum Gasteiger partial charge on any atom is 0.356 e. The van der Waals surface area contributed by atoms with Gasteiger partial charge in [-0.1, -0.05) is 23.8 Å². The lowest BCUT2D eigenvalue weighted by molar-refractivity contribution is 0.0692. The second-order valence-electron chi connectivity index (χ2n) is 4.03. The van der Waals surface area contributed by atoms with Crippen molar-refractivity contribution >= 4 is 17.3 Å². The minimum atomic E-state index is -0.967. The van der Waals surface area contributed by atoms with E-state index in [1.807, 2.05) is 39.0 Å². The number of aromatic carboxylic acids is 1. The topological polar surface area (TPSA) is 50.2 Å². The summed E-state index contributed by atoms with van der Waals surface area (Å²) in [5, 5.41) is 9.92. The van der Waals surface area contributed by atoms with Crippen LogP contribution < -0.4 is 0 Å². The molecule has 0 aliphatic rings. The van der Waals surface area contributed by atoms with Crippen molar-refractivity contribution in [3.8, 4) is 10.4 Å². The first-order chi connectivity index (χ1) is 7.99. The van der Waals surface area contributed by atoms with Gasteiger partial charge in [-0.25, -0.2) is 9.78 Å². The lowest BCUT2D eigenvalue weighted by atomic mass is 10.0. The molecule has 1 aromatic carbocycles. The summed E-state index contributed by atoms with van der Waals surface area (Å²) < 4.78 is 0. The van der Waals surface area contributed by atoms with Crippen molar-refractivity contribution < 1.29 is 9.90 Å². The molecular weight excluding hydrogens is 234 g/mol. The summed E-state index contributed by atoms with van der Waals surface area (Å²) in [5.41, 5.74) is 3.31. The Morgan fingerprint density at radius 3 is 2.65 bits per heavy atom. The van der Waals surface area contributed by atoms with Gasteiger partial charge in [-0.3, -0.25) is 0 Å². The highest BCUT2D eigenvalue weighted by Gasteiger charge is 2.18. The van der Waals surface area contributed by atoms with E-state index in [0.29, 0.717) is 0 Å². The summed E-state index contributed by atoms with van der Waals surface area (Å²) in [6.45, 7) is 5.80. The largest absolute Gasteiger partial charge is 0.476 e. The maximum absolute atomic E-state index is 11.1. The first-order valence-corrected chi connectivity index (χ1v) is 6.09. The Kier molecular flexibility index (Phi) is 2.98. The van der Waals surface area contributed by atoms with Crippen LogP contribution in [0.1, 0.15) is 26.6 Å². The summed E-state index contributed by atoms with van der Waals surface area (Å²) in [5.74, 6) is -0.967. The molecule has 0 bridgehead atoms. The highest BCUT2D eigenvalue weighted by molar-refractivity contribution is 7.15. The molecule has 1 N–H and O–H groups in total. The van der Waals surface area contributed by atoms with Gasteiger partial charge in [-0.2, -0.15) is 0 Å². The first-order valence-electron chi connectivity index (χ1n) is 5.27. The van der Waals surface area contributed by atoms with E-state index in [9.17, 15) is 4.79 Å². The zero-order valence-corrected chi connectivity index (χ0v) is 10.8. The molecule has 1 heterocycles. The van der Waals surface area contributed by atoms with E-state index < -0.39 is 5.97 Å². The Hall–Kier alpha value is -1.68. The Balaban J connectivity index is 2.67. The molecule has 2 rings (SSSR count). The number of aromatic nitrogens is 1. The molecule has 17 heavy (non-hydrogen) atoms. The third kappa shape index (κ3) is 2.22. The summed E-state index contributed by atoms with van der Waals surface area (Å²) >= 11 is 1.43. The van der Waals surface area contributed by atoms with Gasteiger partial charge in [0.05, 0.1) is 9.88 Å². The quantitative estimate of drug-likeness (QED) is 0.884. The number of carboxylic acid groups (broad SMARTS) is 1. The zero-order chi connectivity index (χ0) is 12.6. The zero-order valence-electron chi connectivity index (χ0n) is 9.94. The average Bonchev–Trinajstić information content (AvgIpc) is 2.64. The Morgan fingerprint density at radius 1 is 1.29 bits per heavy atom. The van der Waals surface area contributed by atoms with Gasteiger partial charge in [0.2, 0.25) is 0 Å². The third-order valence-electron chi connectivity index (χ3n) is 2.57. The number of nitrogens with zero attached hydrogens (tertiary/aromatic N) is 1. The minimum absolute atomic E-state index is 0.154. The van der Waals surface area contributed by atoms with E-state index in [2.05, 4.69) is 4.98 Å². The number of thiazole rings is 1. The smallest absolute Gasteiger partial charge is 0.356 e. The predicted octanol–water partition coefficient (Wildman–Crippen LogP) is 3.43. The number of carboxylic acids is 1. The highest BCUT2D eigenvalue weighted by Crippen LogP contribution is 2.33. The lowest BCUT2D eigenvalue weighted by Gasteiger charge is -2.05. The van der Waals surface area contributed by atoms with Crippen LogP contribution in [0.3, 0.4) is 0 Å². The van der Waals surface area contributed by atoms with E-state index in [1.54, 1.807) is 0 Å². The summed E-state index contributed by atoms with van der Waals surface area (Å²) in [6.07, 6.45) is 0. The molecule has 0 aliphatic heterocycles. The van der Waals surface area contributed by atoms with Gasteiger partial charge in [0, 0.05) is 0 Å². The van der Waals surface area contributed by atoms with Crippen LogP contribution in [-0.4, -0.2) is 16.1 Å². The number of benzene rings is 1. The van der Waals surface area contributed by atoms with Gasteiger partial charge in [0.25, 0.3) is 0 Å². The van der Waals surface area contributed by atoms with E-state index in [4.69, 9.17) is 5.11 Å². The fourth-order valence-electron chi connectivity index (χ4n) is 1.74. The second kappa shape index (κ2) is 4.30. The van der Waals surface area contributed by atoms with Crippen molar-refractivity contribution in [1.29, 1.82) is 0 Å². The van der Waals surface area contributed by atoms with Crippen LogP contribution in [0.2, 0.25) is 0 Å². The van der Waals surface area contributed by atoms with Crippen molar-refractivity contribution in [3.63, 3.8) is 0 Å². The van der Waals surface area contributed by atoms with Gasteiger partial charge >= 0.3 is 5.97 Å². The number of carbonyl (C=O) groups is 1. The number of hydrogen-bond donors (Lipinski definition) is 1. The van der Waals surface area contributed by atoms with Crippen LogP contribution in [0.15, 0.2) is 18.2 Å². The Morgan fingerprint density at radius 2 is 2.00 bits per heavy atom. The van der Waals surface area contributed by atoms with Crippen molar-refractivity contribution in [3.05, 3.63) is 40.0 Å². The summed E-state index contributed by atoms with van der Waals surface area (Å²) in [7, 11) is 0. The maximum atomic E-state index is 11.1. The average molecular weight is 247 g/mol. The van der Waals surface area contributed by atoms with Crippen molar-refractivity contribution in [2.45, 2.75) is 20.8 Å². The molecule has 88 valence electrons. The molecule has 0 unspecified atom stereocenters. The number of rotatable bonds is 2. The third-order valence-corrected chi connectivity index (χ3v) is 3.58. The van der Waals surface area contributed by atoms with E-state index in [0.717, 1.165) is 26.6 Å². The lowest BCUT2D eigenvalue weighted by Crippen LogP contribution is -1.99. The van der Waals surface area contributed by atoms with E-state index in [-0.39, 0.29) is 5.69 Å². The molecule has 0 atom stereocenters. The molecular formula is C13H13NO2S. The fourth-order valence-corrected chi connectivity index (χ4v) is 2.73. The fraction of sp³-hybridized carbons (Fsp3) is 0.231. The molecule has 1 aromatic heterocycles. The number of hydrogen-bond acceptors (Lipinski definition) is 3. The van der Waals surface area contributed by atoms with E-state index in [1.165, 1.54) is 11.3 Å². The number of aryl methyl sites for hydroxylation is 3. The molecule has 0 amide bonds. The molecule has 0 saturated heterocycles. The van der Waals surface area contributed by atoms with Crippen molar-refractivity contribution in [2.24, 2.45) is 0 Å². The monoisotopic (exact) mass is 247 g/mol. The molecule has 2 aromatic rings. The van der Waals surface area contributed by atoms with Crippen LogP contribution in [0.5, 0.6) is 0 Å². The van der Waals surface area contributed by atoms with Crippen LogP contribution >= 0.6 is 11.3 Å². The Labute approximate surface area is 104 Å². The van der Waals surface area contributed by atoms with Crippen LogP contribution in [-0.2, 0) is 0 Å². The van der Waals surface area contributed by atoms with Crippen LogP contribution in [0, 0.1) is 20.8 Å². The standard InChI is InChI=1S/C13H13NO2S/c1-7-4-5-8(2)10(6-7)12-11(13(15)16)14-9(3)17-12/h4-6H,1-3H3,(H,15,16). The van der Waals surface area contributed by atoms with E-state index >= 15 is 0 Å². The first kappa shape index (κ1) is 11.8. The predicted molar refractivity (Wildman–Crippen MR) is 68.7 cm³/mol. The summed E-state index contributed by atoms with van der Waals surface area (Å²) in [4.78, 5) is 16.0. The van der Waals surface area contributed by atoms with Gasteiger partial charge in [0.1, 0.15) is 0 Å². The molecule has 0 fully saturated rings. The van der Waals surface area contributed by atoms with Gasteiger partial charge in [-0.05, 0) is 31.9 Å². The minimum Gasteiger partial charge on any atom is -0.476 e.